The van der Waals surface area contributed by atoms with Crippen molar-refractivity contribution in [1.82, 2.24) is 4.98 Å². The molecule has 0 bridgehead atoms. The summed E-state index contributed by atoms with van der Waals surface area (Å²) >= 11 is 1.88. The monoisotopic (exact) mass is 326 g/mol. The summed E-state index contributed by atoms with van der Waals surface area (Å²) in [6.07, 6.45) is 0. The summed E-state index contributed by atoms with van der Waals surface area (Å²) in [5.74, 6) is 0. The predicted molar refractivity (Wildman–Crippen MR) is 69.0 cm³/mol. The lowest BCUT2D eigenvalue weighted by molar-refractivity contribution is -0.386. The Balaban J connectivity index is 2.46. The number of rotatable bonds is 2. The van der Waals surface area contributed by atoms with Gasteiger partial charge in [-0.2, -0.15) is 0 Å². The Hall–Kier alpha value is -1.50. The lowest BCUT2D eigenvalue weighted by Gasteiger charge is -2.01. The Labute approximate surface area is 106 Å². The molecule has 1 aromatic carbocycles. The highest BCUT2D eigenvalue weighted by Crippen LogP contribution is 2.23. The molecule has 0 spiro atoms. The van der Waals surface area contributed by atoms with Crippen LogP contribution in [-0.2, 0) is 0 Å². The van der Waals surface area contributed by atoms with Gasteiger partial charge in [-0.15, -0.1) is 0 Å². The van der Waals surface area contributed by atoms with Crippen molar-refractivity contribution >= 4 is 28.3 Å². The fourth-order valence-corrected chi connectivity index (χ4v) is 1.97. The van der Waals surface area contributed by atoms with Gasteiger partial charge in [0.25, 0.3) is 0 Å². The van der Waals surface area contributed by atoms with Crippen molar-refractivity contribution in [2.45, 2.75) is 0 Å². The molecular formula is C11H7IN2O2. The zero-order valence-corrected chi connectivity index (χ0v) is 10.3. The molecule has 4 nitrogen and oxygen atoms in total. The zero-order chi connectivity index (χ0) is 11.5. The molecule has 0 unspecified atom stereocenters. The summed E-state index contributed by atoms with van der Waals surface area (Å²) in [4.78, 5) is 14.4. The van der Waals surface area contributed by atoms with Crippen molar-refractivity contribution in [3.05, 3.63) is 56.3 Å². The molecule has 16 heavy (non-hydrogen) atoms. The maximum absolute atomic E-state index is 10.6. The minimum absolute atomic E-state index is 0.0419. The largest absolute Gasteiger partial charge is 0.301 e. The van der Waals surface area contributed by atoms with Gasteiger partial charge in [-0.05, 0) is 28.7 Å². The molecule has 1 heterocycles. The molecule has 5 heteroatoms. The van der Waals surface area contributed by atoms with Crippen LogP contribution in [0.2, 0.25) is 0 Å². The topological polar surface area (TPSA) is 56.0 Å². The number of pyridine rings is 1. The fourth-order valence-electron chi connectivity index (χ4n) is 1.33. The van der Waals surface area contributed by atoms with Crippen molar-refractivity contribution in [2.24, 2.45) is 0 Å². The van der Waals surface area contributed by atoms with Crippen LogP contribution in [-0.4, -0.2) is 9.91 Å². The predicted octanol–water partition coefficient (Wildman–Crippen LogP) is 3.26. The Morgan fingerprint density at radius 1 is 1.12 bits per heavy atom. The minimum atomic E-state index is -0.427. The normalized spacial score (nSPS) is 10.1. The third-order valence-electron chi connectivity index (χ3n) is 2.10. The maximum Gasteiger partial charge on any atom is 0.301 e. The van der Waals surface area contributed by atoms with Gasteiger partial charge in [-0.1, -0.05) is 30.3 Å². The molecule has 0 aliphatic rings. The van der Waals surface area contributed by atoms with Crippen LogP contribution >= 0.6 is 22.6 Å². The van der Waals surface area contributed by atoms with Crippen molar-refractivity contribution in [1.29, 1.82) is 0 Å². The summed E-state index contributed by atoms with van der Waals surface area (Å²) in [5.41, 5.74) is 1.74. The van der Waals surface area contributed by atoms with Gasteiger partial charge in [0.05, 0.1) is 10.6 Å². The number of nitrogens with zero attached hydrogens (tertiary/aromatic N) is 2. The second-order valence-electron chi connectivity index (χ2n) is 3.13. The molecule has 0 amide bonds. The minimum Gasteiger partial charge on any atom is -0.258 e. The molecule has 0 radical (unpaired) electrons. The summed E-state index contributed by atoms with van der Waals surface area (Å²) in [5, 5.41) is 10.6. The SMILES string of the molecule is O=[N+]([O-])c1ccc(-c2ccccc2)nc1I. The summed E-state index contributed by atoms with van der Waals surface area (Å²) in [6.45, 7) is 0. The molecule has 0 fully saturated rings. The van der Waals surface area contributed by atoms with E-state index in [2.05, 4.69) is 4.98 Å². The summed E-state index contributed by atoms with van der Waals surface area (Å²) < 4.78 is 0.406. The highest BCUT2D eigenvalue weighted by Gasteiger charge is 2.13. The molecule has 1 aromatic heterocycles. The van der Waals surface area contributed by atoms with Gasteiger partial charge in [0.2, 0.25) is 0 Å². The molecule has 0 aliphatic heterocycles. The van der Waals surface area contributed by atoms with Gasteiger partial charge in [0.15, 0.2) is 3.70 Å². The van der Waals surface area contributed by atoms with Crippen LogP contribution < -0.4 is 0 Å². The van der Waals surface area contributed by atoms with Gasteiger partial charge >= 0.3 is 5.69 Å². The third-order valence-corrected chi connectivity index (χ3v) is 2.89. The number of halogens is 1. The highest BCUT2D eigenvalue weighted by molar-refractivity contribution is 14.1. The molecule has 0 atom stereocenters. The lowest BCUT2D eigenvalue weighted by atomic mass is 10.1. The molecule has 2 rings (SSSR count). The first-order valence-corrected chi connectivity index (χ1v) is 5.63. The van der Waals surface area contributed by atoms with E-state index in [1.165, 1.54) is 6.07 Å². The average molecular weight is 326 g/mol. The summed E-state index contributed by atoms with van der Waals surface area (Å²) in [6, 6.07) is 12.7. The van der Waals surface area contributed by atoms with Crippen molar-refractivity contribution in [3.63, 3.8) is 0 Å². The first-order chi connectivity index (χ1) is 7.68. The van der Waals surface area contributed by atoms with Crippen LogP contribution in [0.5, 0.6) is 0 Å². The van der Waals surface area contributed by atoms with Gasteiger partial charge in [0, 0.05) is 11.6 Å². The molecule has 80 valence electrons. The van der Waals surface area contributed by atoms with Gasteiger partial charge in [0.1, 0.15) is 0 Å². The smallest absolute Gasteiger partial charge is 0.258 e. The first-order valence-electron chi connectivity index (χ1n) is 4.55. The summed E-state index contributed by atoms with van der Waals surface area (Å²) in [7, 11) is 0. The van der Waals surface area contributed by atoms with Crippen molar-refractivity contribution < 1.29 is 4.92 Å². The number of aromatic nitrogens is 1. The third kappa shape index (κ3) is 2.19. The number of hydrogen-bond acceptors (Lipinski definition) is 3. The van der Waals surface area contributed by atoms with Crippen LogP contribution in [0.25, 0.3) is 11.3 Å². The molecule has 0 saturated heterocycles. The number of benzene rings is 1. The van der Waals surface area contributed by atoms with Gasteiger partial charge < -0.3 is 0 Å². The van der Waals surface area contributed by atoms with E-state index < -0.39 is 4.92 Å². The maximum atomic E-state index is 10.6. The van der Waals surface area contributed by atoms with Crippen molar-refractivity contribution in [2.75, 3.05) is 0 Å². The molecule has 2 aromatic rings. The zero-order valence-electron chi connectivity index (χ0n) is 8.13. The van der Waals surface area contributed by atoms with E-state index in [1.807, 2.05) is 52.9 Å². The Bertz CT molecular complexity index is 529. The van der Waals surface area contributed by atoms with Crippen LogP contribution in [0.1, 0.15) is 0 Å². The van der Waals surface area contributed by atoms with E-state index in [0.717, 1.165) is 11.3 Å². The fraction of sp³-hybridized carbons (Fsp3) is 0. The second-order valence-corrected chi connectivity index (χ2v) is 4.15. The highest BCUT2D eigenvalue weighted by atomic mass is 127. The lowest BCUT2D eigenvalue weighted by Crippen LogP contribution is -1.95. The van der Waals surface area contributed by atoms with E-state index in [1.54, 1.807) is 6.07 Å². The molecule has 0 saturated carbocycles. The van der Waals surface area contributed by atoms with E-state index in [0.29, 0.717) is 3.70 Å². The van der Waals surface area contributed by atoms with E-state index >= 15 is 0 Å². The molecular weight excluding hydrogens is 319 g/mol. The molecule has 0 N–H and O–H groups in total. The van der Waals surface area contributed by atoms with Gasteiger partial charge in [-0.3, -0.25) is 10.1 Å². The first kappa shape index (κ1) is 11.0. The van der Waals surface area contributed by atoms with Crippen molar-refractivity contribution in [3.8, 4) is 11.3 Å². The number of hydrogen-bond donors (Lipinski definition) is 0. The average Bonchev–Trinajstić information content (AvgIpc) is 2.29. The van der Waals surface area contributed by atoms with E-state index in [9.17, 15) is 10.1 Å². The Kier molecular flexibility index (Phi) is 3.14. The van der Waals surface area contributed by atoms with Crippen LogP contribution in [0, 0.1) is 13.8 Å². The van der Waals surface area contributed by atoms with E-state index in [-0.39, 0.29) is 5.69 Å². The van der Waals surface area contributed by atoms with Crippen LogP contribution in [0.3, 0.4) is 0 Å². The Morgan fingerprint density at radius 2 is 1.81 bits per heavy atom. The Morgan fingerprint density at radius 3 is 2.38 bits per heavy atom. The second kappa shape index (κ2) is 4.56. The standard InChI is InChI=1S/C11H7IN2O2/c12-11-10(14(15)16)7-6-9(13-11)8-4-2-1-3-5-8/h1-7H. The van der Waals surface area contributed by atoms with Gasteiger partial charge in [-0.25, -0.2) is 4.98 Å². The van der Waals surface area contributed by atoms with Crippen LogP contribution in [0.15, 0.2) is 42.5 Å². The van der Waals surface area contributed by atoms with E-state index in [4.69, 9.17) is 0 Å². The van der Waals surface area contributed by atoms with Crippen LogP contribution in [0.4, 0.5) is 5.69 Å². The molecule has 0 aliphatic carbocycles. The number of nitro groups is 1. The quantitative estimate of drug-likeness (QED) is 0.368.